The number of alkyl halides is 11. The lowest BCUT2D eigenvalue weighted by atomic mass is 9.94. The van der Waals surface area contributed by atoms with Crippen molar-refractivity contribution in [1.82, 2.24) is 0 Å². The van der Waals surface area contributed by atoms with Gasteiger partial charge in [0.2, 0.25) is 0 Å². The number of hydrogen-bond donors (Lipinski definition) is 0. The Hall–Kier alpha value is -0.610. The molecule has 0 amide bonds. The second-order valence-electron chi connectivity index (χ2n) is 3.98. The van der Waals surface area contributed by atoms with E-state index in [9.17, 15) is 52.7 Å². The van der Waals surface area contributed by atoms with Gasteiger partial charge in [-0.3, -0.25) is 0 Å². The molecule has 0 saturated carbocycles. The average Bonchev–Trinajstić information content (AvgIpc) is 2.43. The van der Waals surface area contributed by atoms with Gasteiger partial charge < -0.3 is 4.89 Å². The van der Waals surface area contributed by atoms with E-state index in [0.29, 0.717) is 22.6 Å². The summed E-state index contributed by atoms with van der Waals surface area (Å²) in [5.74, 6) is -38.1. The minimum atomic E-state index is -7.45. The molecule has 0 N–H and O–H groups in total. The zero-order valence-electron chi connectivity index (χ0n) is 10.9. The normalized spacial score (nSPS) is 14.6. The Morgan fingerprint density at radius 3 is 1.50 bits per heavy atom. The molecule has 0 radical (unpaired) electrons. The summed E-state index contributed by atoms with van der Waals surface area (Å²) in [6, 6.07) is 0. The van der Waals surface area contributed by atoms with Gasteiger partial charge in [-0.2, -0.15) is 57.6 Å². The highest BCUT2D eigenvalue weighted by Gasteiger charge is 2.87. The van der Waals surface area contributed by atoms with Crippen molar-refractivity contribution in [2.75, 3.05) is 11.5 Å². The number of allylic oxidation sites excluding steroid dienone is 1. The molecule has 0 aliphatic heterocycles. The summed E-state index contributed by atoms with van der Waals surface area (Å²) in [6.07, 6.45) is -3.83. The van der Waals surface area contributed by atoms with Crippen LogP contribution in [0.15, 0.2) is 11.8 Å². The van der Waals surface area contributed by atoms with Crippen molar-refractivity contribution in [3.05, 3.63) is 11.8 Å². The van der Waals surface area contributed by atoms with Gasteiger partial charge in [0.15, 0.2) is 0 Å². The smallest absolute Gasteiger partial charge is 0.330 e. The van der Waals surface area contributed by atoms with E-state index in [1.54, 1.807) is 0 Å². The van der Waals surface area contributed by atoms with Gasteiger partial charge in [0.05, 0.1) is 11.5 Å². The van der Waals surface area contributed by atoms with E-state index in [2.05, 4.69) is 9.78 Å². The molecular weight excluding hydrogens is 495 g/mol. The maximum absolute atomic E-state index is 13.3. The standard InChI is InChI=1S/C9H5F12IO2/c1-23-24-3(4(10)11)6(14,15)8(18,19)9(20,21)7(16,17)5(12,13)2-22/h2H2,1H3. The monoisotopic (exact) mass is 500 g/mol. The first-order valence-corrected chi connectivity index (χ1v) is 6.69. The quantitative estimate of drug-likeness (QED) is 0.113. The highest BCUT2D eigenvalue weighted by Crippen LogP contribution is 2.59. The molecule has 24 heavy (non-hydrogen) atoms. The summed E-state index contributed by atoms with van der Waals surface area (Å²) in [4.78, 5) is 6.11. The predicted octanol–water partition coefficient (Wildman–Crippen LogP) is 5.28. The van der Waals surface area contributed by atoms with Crippen LogP contribution in [0.3, 0.4) is 0 Å². The van der Waals surface area contributed by atoms with Crippen molar-refractivity contribution in [1.29, 1.82) is 0 Å². The molecule has 0 saturated heterocycles. The molecule has 0 aliphatic rings. The molecule has 15 heteroatoms. The minimum absolute atomic E-state index is 0.216. The topological polar surface area (TPSA) is 18.5 Å². The molecule has 0 spiro atoms. The van der Waals surface area contributed by atoms with E-state index in [-0.39, 0.29) is 7.11 Å². The Bertz CT molecular complexity index is 485. The van der Waals surface area contributed by atoms with Crippen LogP contribution in [-0.2, 0) is 9.78 Å². The van der Waals surface area contributed by atoms with Crippen LogP contribution < -0.4 is 0 Å². The first kappa shape index (κ1) is 23.4. The lowest BCUT2D eigenvalue weighted by Crippen LogP contribution is -2.68. The maximum Gasteiger partial charge on any atom is 0.386 e. The first-order chi connectivity index (χ1) is 10.5. The first-order valence-electron chi connectivity index (χ1n) is 5.17. The lowest BCUT2D eigenvalue weighted by Gasteiger charge is -2.38. The molecule has 0 aliphatic carbocycles. The Kier molecular flexibility index (Phi) is 6.77. The fourth-order valence-corrected chi connectivity index (χ4v) is 1.62. The van der Waals surface area contributed by atoms with E-state index in [1.165, 1.54) is 0 Å². The summed E-state index contributed by atoms with van der Waals surface area (Å²) in [7, 11) is 0.216. The summed E-state index contributed by atoms with van der Waals surface area (Å²) in [5.41, 5.74) is 0. The summed E-state index contributed by atoms with van der Waals surface area (Å²) >= 11 is 0.412. The molecule has 0 fully saturated rings. The zero-order chi connectivity index (χ0) is 19.8. The van der Waals surface area contributed by atoms with Gasteiger partial charge >= 0.3 is 35.7 Å². The highest BCUT2D eigenvalue weighted by atomic mass is 127. The van der Waals surface area contributed by atoms with Crippen molar-refractivity contribution in [3.63, 3.8) is 0 Å². The van der Waals surface area contributed by atoms with Crippen molar-refractivity contribution in [2.24, 2.45) is 0 Å². The second kappa shape index (κ2) is 6.95. The van der Waals surface area contributed by atoms with Gasteiger partial charge in [0, 0.05) is 0 Å². The van der Waals surface area contributed by atoms with Crippen molar-refractivity contribution in [3.8, 4) is 0 Å². The summed E-state index contributed by atoms with van der Waals surface area (Å²) < 4.78 is 153. The molecule has 0 unspecified atom stereocenters. The van der Waals surface area contributed by atoms with E-state index >= 15 is 0 Å². The summed E-state index contributed by atoms with van der Waals surface area (Å²) in [5, 5.41) is 0. The summed E-state index contributed by atoms with van der Waals surface area (Å²) in [6.45, 7) is 0. The molecule has 144 valence electrons. The fraction of sp³-hybridized carbons (Fsp3) is 0.778. The number of hydrogen-bond acceptors (Lipinski definition) is 2. The Morgan fingerprint density at radius 1 is 0.792 bits per heavy atom. The molecule has 0 bridgehead atoms. The van der Waals surface area contributed by atoms with Crippen LogP contribution in [-0.4, -0.2) is 41.1 Å². The van der Waals surface area contributed by atoms with Gasteiger partial charge in [-0.15, -0.1) is 0 Å². The van der Waals surface area contributed by atoms with Crippen LogP contribution in [0.1, 0.15) is 0 Å². The van der Waals surface area contributed by atoms with E-state index in [0.717, 1.165) is 0 Å². The Morgan fingerprint density at radius 2 is 1.21 bits per heavy atom. The molecule has 0 aromatic carbocycles. The van der Waals surface area contributed by atoms with E-state index < -0.39 is 45.9 Å². The third-order valence-corrected chi connectivity index (χ3v) is 3.39. The molecule has 0 aromatic rings. The van der Waals surface area contributed by atoms with E-state index in [1.807, 2.05) is 0 Å². The number of halogens is 13. The van der Waals surface area contributed by atoms with Gasteiger partial charge in [-0.05, 0) is 0 Å². The van der Waals surface area contributed by atoms with Crippen molar-refractivity contribution in [2.45, 2.75) is 29.6 Å². The van der Waals surface area contributed by atoms with Crippen molar-refractivity contribution >= 4 is 22.6 Å². The van der Waals surface area contributed by atoms with Gasteiger partial charge in [0.25, 0.3) is 5.76 Å². The maximum atomic E-state index is 13.3. The Labute approximate surface area is 138 Å². The minimum Gasteiger partial charge on any atom is -0.330 e. The molecule has 0 aromatic heterocycles. The fourth-order valence-electron chi connectivity index (χ4n) is 1.14. The zero-order valence-corrected chi connectivity index (χ0v) is 13.1. The van der Waals surface area contributed by atoms with Crippen LogP contribution in [0.2, 0.25) is 0 Å². The predicted molar refractivity (Wildman–Crippen MR) is 61.0 cm³/mol. The van der Waals surface area contributed by atoms with E-state index in [4.69, 9.17) is 0 Å². The number of rotatable bonds is 8. The largest absolute Gasteiger partial charge is 0.386 e. The molecular formula is C9H5F12IO2. The molecule has 2 nitrogen and oxygen atoms in total. The van der Waals surface area contributed by atoms with Crippen molar-refractivity contribution < 1.29 is 62.5 Å². The molecule has 0 rings (SSSR count). The SMILES string of the molecule is COOC(=C(F)F)C(F)(F)C(F)(F)C(F)(F)C(F)(F)C(F)(F)CI. The molecule has 0 heterocycles. The third kappa shape index (κ3) is 3.37. The van der Waals surface area contributed by atoms with Gasteiger partial charge in [0.1, 0.15) is 0 Å². The van der Waals surface area contributed by atoms with Crippen LogP contribution in [0.5, 0.6) is 0 Å². The van der Waals surface area contributed by atoms with Gasteiger partial charge in [-0.25, -0.2) is 0 Å². The highest BCUT2D eigenvalue weighted by molar-refractivity contribution is 14.1. The molecule has 0 atom stereocenters. The van der Waals surface area contributed by atoms with Crippen LogP contribution in [0.4, 0.5) is 52.7 Å². The lowest BCUT2D eigenvalue weighted by molar-refractivity contribution is -0.402. The second-order valence-corrected chi connectivity index (χ2v) is 4.74. The average molecular weight is 500 g/mol. The van der Waals surface area contributed by atoms with Crippen LogP contribution in [0, 0.1) is 0 Å². The van der Waals surface area contributed by atoms with Crippen LogP contribution >= 0.6 is 22.6 Å². The van der Waals surface area contributed by atoms with Crippen LogP contribution in [0.25, 0.3) is 0 Å². The Balaban J connectivity index is 6.34. The third-order valence-electron chi connectivity index (χ3n) is 2.43. The van der Waals surface area contributed by atoms with Gasteiger partial charge in [-0.1, -0.05) is 22.6 Å².